The van der Waals surface area contributed by atoms with Gasteiger partial charge in [-0.15, -0.1) is 0 Å². The van der Waals surface area contributed by atoms with Crippen molar-refractivity contribution in [3.8, 4) is 0 Å². The van der Waals surface area contributed by atoms with Crippen molar-refractivity contribution in [1.82, 2.24) is 4.90 Å². The van der Waals surface area contributed by atoms with E-state index in [1.165, 1.54) is 30.1 Å². The zero-order valence-corrected chi connectivity index (χ0v) is 17.8. The van der Waals surface area contributed by atoms with Gasteiger partial charge in [-0.1, -0.05) is 47.5 Å². The predicted octanol–water partition coefficient (Wildman–Crippen LogP) is 5.19. The summed E-state index contributed by atoms with van der Waals surface area (Å²) in [5.74, 6) is -1.14. The van der Waals surface area contributed by atoms with Gasteiger partial charge in [0.15, 0.2) is 0 Å². The maximum atomic E-state index is 13.0. The third-order valence-electron chi connectivity index (χ3n) is 4.46. The van der Waals surface area contributed by atoms with Gasteiger partial charge in [0, 0.05) is 23.5 Å². The van der Waals surface area contributed by atoms with Crippen molar-refractivity contribution in [2.45, 2.75) is 32.0 Å². The fourth-order valence-corrected chi connectivity index (χ4v) is 3.32. The van der Waals surface area contributed by atoms with Crippen LogP contribution in [0.1, 0.15) is 23.6 Å². The summed E-state index contributed by atoms with van der Waals surface area (Å²) >= 11 is 12.0. The van der Waals surface area contributed by atoms with Crippen LogP contribution in [0.4, 0.5) is 13.2 Å². The van der Waals surface area contributed by atoms with Gasteiger partial charge in [-0.3, -0.25) is 4.79 Å². The Morgan fingerprint density at radius 3 is 2.43 bits per heavy atom. The van der Waals surface area contributed by atoms with E-state index in [9.17, 15) is 22.8 Å². The van der Waals surface area contributed by atoms with Crippen molar-refractivity contribution in [2.75, 3.05) is 13.7 Å². The number of hydrogen-bond acceptors (Lipinski definition) is 3. The molecule has 2 aromatic rings. The SMILES string of the molecule is CCOC(=O)C(Cc1cccc(C(F)(F)F)c1)N(C)C(=O)Cc1ccc(Cl)cc1Cl. The average Bonchev–Trinajstić information content (AvgIpc) is 2.67. The van der Waals surface area contributed by atoms with E-state index in [0.717, 1.165) is 12.1 Å². The summed E-state index contributed by atoms with van der Waals surface area (Å²) in [6.07, 6.45) is -4.74. The Balaban J connectivity index is 2.25. The number of alkyl halides is 3. The highest BCUT2D eigenvalue weighted by atomic mass is 35.5. The molecule has 30 heavy (non-hydrogen) atoms. The molecule has 0 spiro atoms. The molecule has 0 aliphatic heterocycles. The molecule has 1 atom stereocenters. The van der Waals surface area contributed by atoms with E-state index in [4.69, 9.17) is 27.9 Å². The monoisotopic (exact) mass is 461 g/mol. The van der Waals surface area contributed by atoms with Gasteiger partial charge in [0.2, 0.25) is 5.91 Å². The topological polar surface area (TPSA) is 46.6 Å². The number of hydrogen-bond donors (Lipinski definition) is 0. The zero-order chi connectivity index (χ0) is 22.5. The fraction of sp³-hybridized carbons (Fsp3) is 0.333. The molecule has 2 aromatic carbocycles. The Labute approximate surface area is 182 Å². The summed E-state index contributed by atoms with van der Waals surface area (Å²) in [5.41, 5.74) is -0.0591. The van der Waals surface area contributed by atoms with Crippen molar-refractivity contribution in [3.63, 3.8) is 0 Å². The van der Waals surface area contributed by atoms with E-state index in [1.54, 1.807) is 19.1 Å². The Morgan fingerprint density at radius 1 is 1.13 bits per heavy atom. The second-order valence-corrected chi connectivity index (χ2v) is 7.43. The number of rotatable bonds is 7. The number of benzene rings is 2. The van der Waals surface area contributed by atoms with Crippen LogP contribution in [0.3, 0.4) is 0 Å². The molecule has 0 radical (unpaired) electrons. The van der Waals surface area contributed by atoms with Crippen LogP contribution in [-0.4, -0.2) is 36.5 Å². The molecule has 0 aliphatic rings. The quantitative estimate of drug-likeness (QED) is 0.533. The van der Waals surface area contributed by atoms with E-state index >= 15 is 0 Å². The summed E-state index contributed by atoms with van der Waals surface area (Å²) in [6.45, 7) is 1.68. The molecule has 0 fully saturated rings. The minimum absolute atomic E-state index is 0.0724. The van der Waals surface area contributed by atoms with E-state index in [1.807, 2.05) is 0 Å². The second-order valence-electron chi connectivity index (χ2n) is 6.59. The van der Waals surface area contributed by atoms with Crippen LogP contribution < -0.4 is 0 Å². The highest BCUT2D eigenvalue weighted by Gasteiger charge is 2.32. The summed E-state index contributed by atoms with van der Waals surface area (Å²) in [5, 5.41) is 0.716. The molecule has 0 N–H and O–H groups in total. The van der Waals surface area contributed by atoms with Gasteiger partial charge in [-0.25, -0.2) is 4.79 Å². The minimum Gasteiger partial charge on any atom is -0.464 e. The van der Waals surface area contributed by atoms with Gasteiger partial charge in [0.05, 0.1) is 18.6 Å². The van der Waals surface area contributed by atoms with Gasteiger partial charge in [-0.2, -0.15) is 13.2 Å². The normalized spacial score (nSPS) is 12.4. The van der Waals surface area contributed by atoms with Crippen LogP contribution in [0.2, 0.25) is 10.0 Å². The molecule has 2 rings (SSSR count). The first-order valence-electron chi connectivity index (χ1n) is 9.05. The van der Waals surface area contributed by atoms with Crippen molar-refractivity contribution in [2.24, 2.45) is 0 Å². The Hall–Kier alpha value is -2.25. The number of esters is 1. The summed E-state index contributed by atoms with van der Waals surface area (Å²) in [4.78, 5) is 26.4. The molecule has 0 aliphatic carbocycles. The first-order chi connectivity index (χ1) is 14.0. The third kappa shape index (κ3) is 6.37. The molecule has 0 bridgehead atoms. The fourth-order valence-electron chi connectivity index (χ4n) is 2.84. The largest absolute Gasteiger partial charge is 0.464 e. The Kier molecular flexibility index (Phi) is 8.15. The summed E-state index contributed by atoms with van der Waals surface area (Å²) in [7, 11) is 1.40. The molecule has 0 saturated carbocycles. The molecule has 0 saturated heterocycles. The van der Waals surface area contributed by atoms with Crippen molar-refractivity contribution in [1.29, 1.82) is 0 Å². The number of likely N-dealkylation sites (N-methyl/N-ethyl adjacent to an activating group) is 1. The number of amides is 1. The van der Waals surface area contributed by atoms with Crippen molar-refractivity contribution < 1.29 is 27.5 Å². The number of carbonyl (C=O) groups is 2. The van der Waals surface area contributed by atoms with Gasteiger partial charge < -0.3 is 9.64 Å². The molecule has 9 heteroatoms. The lowest BCUT2D eigenvalue weighted by atomic mass is 10.0. The van der Waals surface area contributed by atoms with Crippen LogP contribution in [0.15, 0.2) is 42.5 Å². The highest BCUT2D eigenvalue weighted by molar-refractivity contribution is 6.35. The number of nitrogens with zero attached hydrogens (tertiary/aromatic N) is 1. The van der Waals surface area contributed by atoms with Crippen LogP contribution >= 0.6 is 23.2 Å². The molecular formula is C21H20Cl2F3NO3. The smallest absolute Gasteiger partial charge is 0.416 e. The van der Waals surface area contributed by atoms with E-state index in [-0.39, 0.29) is 25.0 Å². The summed E-state index contributed by atoms with van der Waals surface area (Å²) < 4.78 is 44.0. The number of ether oxygens (including phenoxy) is 1. The van der Waals surface area contributed by atoms with E-state index < -0.39 is 29.7 Å². The Morgan fingerprint density at radius 2 is 1.83 bits per heavy atom. The lowest BCUT2D eigenvalue weighted by Gasteiger charge is -2.27. The lowest BCUT2D eigenvalue weighted by Crippen LogP contribution is -2.45. The molecule has 4 nitrogen and oxygen atoms in total. The van der Waals surface area contributed by atoms with Gasteiger partial charge >= 0.3 is 12.1 Å². The van der Waals surface area contributed by atoms with Gasteiger partial charge in [0.1, 0.15) is 6.04 Å². The van der Waals surface area contributed by atoms with Crippen LogP contribution in [0.5, 0.6) is 0 Å². The number of carbonyl (C=O) groups excluding carboxylic acids is 2. The van der Waals surface area contributed by atoms with Gasteiger partial charge in [-0.05, 0) is 36.2 Å². The molecule has 0 aromatic heterocycles. The van der Waals surface area contributed by atoms with Crippen LogP contribution in [0.25, 0.3) is 0 Å². The van der Waals surface area contributed by atoms with E-state index in [0.29, 0.717) is 15.6 Å². The lowest BCUT2D eigenvalue weighted by molar-refractivity contribution is -0.153. The summed E-state index contributed by atoms with van der Waals surface area (Å²) in [6, 6.07) is 8.22. The molecule has 162 valence electrons. The average molecular weight is 462 g/mol. The molecule has 1 unspecified atom stereocenters. The van der Waals surface area contributed by atoms with Crippen molar-refractivity contribution in [3.05, 3.63) is 69.2 Å². The van der Waals surface area contributed by atoms with Crippen LogP contribution in [0, 0.1) is 0 Å². The zero-order valence-electron chi connectivity index (χ0n) is 16.3. The first-order valence-corrected chi connectivity index (χ1v) is 9.80. The molecule has 0 heterocycles. The predicted molar refractivity (Wildman–Crippen MR) is 109 cm³/mol. The van der Waals surface area contributed by atoms with Crippen LogP contribution in [-0.2, 0) is 33.3 Å². The molecular weight excluding hydrogens is 442 g/mol. The minimum atomic E-state index is -4.51. The van der Waals surface area contributed by atoms with Crippen molar-refractivity contribution >= 4 is 35.1 Å². The molecule has 1 amide bonds. The standard InChI is InChI=1S/C21H20Cl2F3NO3/c1-3-30-20(29)18(10-13-5-4-6-15(9-13)21(24,25)26)27(2)19(28)11-14-7-8-16(22)12-17(14)23/h4-9,12,18H,3,10-11H2,1-2H3. The third-order valence-corrected chi connectivity index (χ3v) is 5.05. The Bertz CT molecular complexity index is 919. The highest BCUT2D eigenvalue weighted by Crippen LogP contribution is 2.30. The first kappa shape index (κ1) is 24.0. The number of halogens is 5. The maximum Gasteiger partial charge on any atom is 0.416 e. The maximum absolute atomic E-state index is 13.0. The van der Waals surface area contributed by atoms with Gasteiger partial charge in [0.25, 0.3) is 0 Å². The van der Waals surface area contributed by atoms with E-state index in [2.05, 4.69) is 0 Å². The second kappa shape index (κ2) is 10.2.